The zero-order valence-electron chi connectivity index (χ0n) is 40.1. The summed E-state index contributed by atoms with van der Waals surface area (Å²) in [6.45, 7) is 12.1. The Hall–Kier alpha value is -6.66. The lowest BCUT2D eigenvalue weighted by Crippen LogP contribution is -2.70. The Morgan fingerprint density at radius 2 is 1.19 bits per heavy atom. The number of ether oxygens (including phenoxy) is 4. The number of likely N-dealkylation sites (tertiary alicyclic amines) is 2. The van der Waals surface area contributed by atoms with Crippen LogP contribution in [0, 0.1) is 0 Å². The van der Waals surface area contributed by atoms with Gasteiger partial charge in [-0.15, -0.1) is 0 Å². The van der Waals surface area contributed by atoms with E-state index in [2.05, 4.69) is 92.4 Å². The van der Waals surface area contributed by atoms with Crippen molar-refractivity contribution in [3.8, 4) is 22.8 Å². The van der Waals surface area contributed by atoms with E-state index in [0.29, 0.717) is 61.2 Å². The average molecular weight is 979 g/mol. The molecule has 2 atom stereocenters. The number of nitrogens with zero attached hydrogens (tertiary/aromatic N) is 10. The number of morpholine rings is 3. The molecule has 6 fully saturated rings. The number of hydrogen-bond donors (Lipinski definition) is 0. The fourth-order valence-electron chi connectivity index (χ4n) is 12.1. The molecule has 16 nitrogen and oxygen atoms in total. The summed E-state index contributed by atoms with van der Waals surface area (Å²) >= 11 is 0. The number of benzene rings is 2. The minimum atomic E-state index is 0. The quantitative estimate of drug-likeness (QED) is 0.143. The first kappa shape index (κ1) is 45.0. The molecule has 0 unspecified atom stereocenters. The molecule has 16 heteroatoms. The van der Waals surface area contributed by atoms with Gasteiger partial charge in [-0.1, -0.05) is 68.1 Å². The van der Waals surface area contributed by atoms with Crippen LogP contribution in [0.25, 0.3) is 79.3 Å². The smallest absolute Gasteiger partial charge is 0.229 e. The lowest BCUT2D eigenvalue weighted by molar-refractivity contribution is -0.195. The second kappa shape index (κ2) is 18.1. The Morgan fingerprint density at radius 3 is 1.67 bits per heavy atom. The zero-order chi connectivity index (χ0) is 47.3. The molecule has 0 N–H and O–H groups in total. The molecule has 6 aliphatic heterocycles. The van der Waals surface area contributed by atoms with Crippen LogP contribution in [0.1, 0.15) is 53.6 Å². The van der Waals surface area contributed by atoms with Crippen molar-refractivity contribution < 1.29 is 27.8 Å². The van der Waals surface area contributed by atoms with E-state index in [4.69, 9.17) is 57.7 Å². The van der Waals surface area contributed by atoms with Crippen LogP contribution in [0.2, 0.25) is 0 Å². The maximum atomic E-state index is 6.33. The molecule has 0 saturated carbocycles. The van der Waals surface area contributed by atoms with Crippen molar-refractivity contribution in [2.45, 2.75) is 63.9 Å². The van der Waals surface area contributed by atoms with Crippen molar-refractivity contribution in [1.82, 2.24) is 39.7 Å². The normalized spacial score (nSPS) is 21.8. The van der Waals surface area contributed by atoms with Crippen molar-refractivity contribution in [1.29, 1.82) is 0 Å². The summed E-state index contributed by atoms with van der Waals surface area (Å²) in [6, 6.07) is 17.7. The van der Waals surface area contributed by atoms with Gasteiger partial charge in [-0.2, -0.15) is 0 Å². The Morgan fingerprint density at radius 1 is 0.630 bits per heavy atom. The molecule has 0 radical (unpaired) electrons. The Labute approximate surface area is 422 Å². The van der Waals surface area contributed by atoms with E-state index in [-0.39, 0.29) is 13.0 Å². The SMILES string of the molecule is C.C1=Cc2c(cccc2-c2nc(N3CCOCC3)c3oc4ncc(CN5CCC56COC6)cc4c3n2)C1.C1=Cc2c(cccc2-c2nc(N3CCOCC3)c3oc4ncc(CN5C[C@H]6C[C@@H]5CO6)cc4c3n2)C1. The second-order valence-electron chi connectivity index (χ2n) is 20.5. The van der Waals surface area contributed by atoms with Crippen molar-refractivity contribution in [3.63, 3.8) is 0 Å². The predicted octanol–water partition coefficient (Wildman–Crippen LogP) is 8.27. The largest absolute Gasteiger partial charge is 0.432 e. The highest BCUT2D eigenvalue weighted by molar-refractivity contribution is 6.07. The van der Waals surface area contributed by atoms with Crippen LogP contribution in [-0.4, -0.2) is 143 Å². The third kappa shape index (κ3) is 7.71. The molecule has 8 aromatic rings. The molecule has 2 bridgehead atoms. The van der Waals surface area contributed by atoms with Crippen molar-refractivity contribution in [2.75, 3.05) is 95.3 Å². The third-order valence-electron chi connectivity index (χ3n) is 16.2. The molecule has 8 aliphatic rings. The van der Waals surface area contributed by atoms with E-state index in [0.717, 1.165) is 148 Å². The molecular formula is C57H58N10O6. The zero-order valence-corrected chi connectivity index (χ0v) is 40.1. The van der Waals surface area contributed by atoms with Gasteiger partial charge >= 0.3 is 0 Å². The van der Waals surface area contributed by atoms with E-state index in [1.807, 2.05) is 12.4 Å². The number of fused-ring (bicyclic) bond motifs is 10. The van der Waals surface area contributed by atoms with Crippen LogP contribution in [0.4, 0.5) is 11.6 Å². The van der Waals surface area contributed by atoms with Crippen LogP contribution in [0.3, 0.4) is 0 Å². The first-order chi connectivity index (χ1) is 35.6. The molecule has 2 aliphatic carbocycles. The van der Waals surface area contributed by atoms with Crippen LogP contribution in [-0.2, 0) is 44.9 Å². The maximum absolute atomic E-state index is 6.33. The van der Waals surface area contributed by atoms with Gasteiger partial charge in [0.25, 0.3) is 0 Å². The third-order valence-corrected chi connectivity index (χ3v) is 16.2. The topological polar surface area (TPSA) is 154 Å². The van der Waals surface area contributed by atoms with E-state index >= 15 is 0 Å². The number of aromatic nitrogens is 6. The minimum absolute atomic E-state index is 0. The van der Waals surface area contributed by atoms with Gasteiger partial charge in [-0.25, -0.2) is 29.9 Å². The number of allylic oxidation sites excluding steroid dienone is 2. The number of rotatable bonds is 8. The van der Waals surface area contributed by atoms with Gasteiger partial charge in [0.1, 0.15) is 11.0 Å². The molecule has 2 aromatic carbocycles. The number of hydrogen-bond acceptors (Lipinski definition) is 16. The maximum Gasteiger partial charge on any atom is 0.229 e. The summed E-state index contributed by atoms with van der Waals surface area (Å²) < 4.78 is 35.2. The summed E-state index contributed by atoms with van der Waals surface area (Å²) in [6.07, 6.45) is 17.3. The molecule has 6 saturated heterocycles. The van der Waals surface area contributed by atoms with Crippen molar-refractivity contribution >= 4 is 68.2 Å². The fraction of sp³-hybridized carbons (Fsp3) is 0.404. The van der Waals surface area contributed by atoms with Gasteiger partial charge in [0, 0.05) is 81.9 Å². The van der Waals surface area contributed by atoms with E-state index in [9.17, 15) is 0 Å². The van der Waals surface area contributed by atoms with Crippen molar-refractivity contribution in [3.05, 3.63) is 106 Å². The molecular weight excluding hydrogens is 921 g/mol. The highest BCUT2D eigenvalue weighted by Gasteiger charge is 2.50. The van der Waals surface area contributed by atoms with Crippen LogP contribution < -0.4 is 9.80 Å². The summed E-state index contributed by atoms with van der Waals surface area (Å²) in [5.41, 5.74) is 14.0. The van der Waals surface area contributed by atoms with Crippen LogP contribution >= 0.6 is 0 Å². The fourth-order valence-corrected chi connectivity index (χ4v) is 12.1. The molecule has 12 heterocycles. The van der Waals surface area contributed by atoms with Crippen LogP contribution in [0.5, 0.6) is 0 Å². The Kier molecular flexibility index (Phi) is 11.1. The predicted molar refractivity (Wildman–Crippen MR) is 280 cm³/mol. The van der Waals surface area contributed by atoms with E-state index in [1.165, 1.54) is 39.8 Å². The first-order valence-electron chi connectivity index (χ1n) is 25.7. The lowest BCUT2D eigenvalue weighted by atomic mass is 9.82. The van der Waals surface area contributed by atoms with Crippen molar-refractivity contribution in [2.24, 2.45) is 0 Å². The summed E-state index contributed by atoms with van der Waals surface area (Å²) in [5.74, 6) is 3.11. The summed E-state index contributed by atoms with van der Waals surface area (Å²) in [5, 5.41) is 1.90. The summed E-state index contributed by atoms with van der Waals surface area (Å²) in [7, 11) is 0. The van der Waals surface area contributed by atoms with E-state index < -0.39 is 0 Å². The van der Waals surface area contributed by atoms with E-state index in [1.54, 1.807) is 0 Å². The number of pyridine rings is 2. The van der Waals surface area contributed by atoms with Gasteiger partial charge in [-0.05, 0) is 71.2 Å². The molecule has 1 spiro atoms. The Bertz CT molecular complexity index is 3310. The first-order valence-corrected chi connectivity index (χ1v) is 25.7. The minimum Gasteiger partial charge on any atom is -0.432 e. The monoisotopic (exact) mass is 978 g/mol. The van der Waals surface area contributed by atoms with Gasteiger partial charge < -0.3 is 37.6 Å². The van der Waals surface area contributed by atoms with Gasteiger partial charge in [-0.3, -0.25) is 9.80 Å². The molecule has 6 aromatic heterocycles. The summed E-state index contributed by atoms with van der Waals surface area (Å²) in [4.78, 5) is 39.3. The average Bonchev–Trinajstić information content (AvgIpc) is 4.29. The molecule has 372 valence electrons. The number of furan rings is 2. The Balaban J connectivity index is 0.000000133. The molecule has 0 amide bonds. The molecule has 73 heavy (non-hydrogen) atoms. The highest BCUT2D eigenvalue weighted by Crippen LogP contribution is 2.42. The lowest BCUT2D eigenvalue weighted by Gasteiger charge is -2.57. The number of anilines is 2. The van der Waals surface area contributed by atoms with Gasteiger partial charge in [0.05, 0.1) is 68.7 Å². The van der Waals surface area contributed by atoms with Crippen LogP contribution in [0.15, 0.2) is 81.9 Å². The van der Waals surface area contributed by atoms with Gasteiger partial charge in [0.2, 0.25) is 11.4 Å². The molecule has 16 rings (SSSR count). The van der Waals surface area contributed by atoms with Gasteiger partial charge in [0.15, 0.2) is 34.5 Å². The standard InChI is InChI=1S/2C28H27N5O3.CH4/c1-3-18-4-2-6-22(21(18)5-1)26-30-24-23-11-17(14-33-15-20-12-19(33)16-35-20)13-29-28(23)36-25(24)27(31-26)32-7-9-34-10-8-32;1-3-19-4-2-6-21(20(19)5-1)25-30-23-22-13-18(15-33-8-7-28(33)16-35-17-28)14-29-27(22)36-24(23)26(31-25)32-9-11-34-12-10-32;/h1-2,4-6,11,13,19-20H,3,7-10,12,14-16H2;1-2,4-6,13-14H,3,7-12,15-17H2;1H4/t19-,20-;;/m1../s1. The second-order valence-corrected chi connectivity index (χ2v) is 20.5. The highest BCUT2D eigenvalue weighted by atomic mass is 16.5.